The molecule has 4 unspecified atom stereocenters. The summed E-state index contributed by atoms with van der Waals surface area (Å²) < 4.78 is 25.7. The zero-order chi connectivity index (χ0) is 36.5. The molecule has 0 aliphatic carbocycles. The number of piperidine rings is 2. The molecule has 14 nitrogen and oxygen atoms in total. The van der Waals surface area contributed by atoms with Crippen molar-refractivity contribution >= 4 is 47.7 Å². The minimum absolute atomic E-state index is 0.0971. The minimum Gasteiger partial charge on any atom is -0.474 e. The molecule has 0 saturated carbocycles. The molecular formula is C32H49Cl3N6O8. The van der Waals surface area contributed by atoms with Crippen molar-refractivity contribution in [2.24, 2.45) is 0 Å². The van der Waals surface area contributed by atoms with Crippen molar-refractivity contribution in [2.75, 3.05) is 26.4 Å². The summed E-state index contributed by atoms with van der Waals surface area (Å²) in [7, 11) is 0. The fourth-order valence-electron chi connectivity index (χ4n) is 4.84. The van der Waals surface area contributed by atoms with E-state index in [4.69, 9.17) is 49.0 Å². The lowest BCUT2D eigenvalue weighted by Gasteiger charge is -2.39. The first kappa shape index (κ1) is 42.7. The van der Waals surface area contributed by atoms with Crippen molar-refractivity contribution in [3.8, 4) is 5.88 Å². The summed E-state index contributed by atoms with van der Waals surface area (Å²) in [5.74, 6) is 0.552. The maximum Gasteiger partial charge on any atom is 0.293 e. The number of morpholine rings is 2. The van der Waals surface area contributed by atoms with E-state index in [1.54, 1.807) is 6.07 Å². The minimum atomic E-state index is -0.318. The fraction of sp³-hybridized carbons (Fsp3) is 0.688. The molecule has 2 aromatic heterocycles. The number of carbonyl (C=O) groups excluding carboxylic acids is 2. The molecule has 6 heterocycles. The van der Waals surface area contributed by atoms with Crippen LogP contribution >= 0.6 is 34.8 Å². The van der Waals surface area contributed by atoms with E-state index in [9.17, 15) is 14.7 Å². The molecule has 0 radical (unpaired) electrons. The summed E-state index contributed by atoms with van der Waals surface area (Å²) in [5, 5.41) is 17.4. The molecule has 4 bridgehead atoms. The van der Waals surface area contributed by atoms with Crippen LogP contribution in [-0.2, 0) is 28.5 Å². The number of aliphatic hydroxyl groups excluding tert-OH is 1. The SMILES string of the molecule is CC(C)(C)OC=O.CC(C)(C)OC=O.Clc1cc(Cl)ncn1.Clc1cc(OC2CC3COCC(C2)N3)ncn1.OC1CC2COCC(C1)N2. The predicted molar refractivity (Wildman–Crippen MR) is 185 cm³/mol. The Morgan fingerprint density at radius 2 is 1.08 bits per heavy atom. The molecule has 0 spiro atoms. The van der Waals surface area contributed by atoms with E-state index in [0.717, 1.165) is 52.1 Å². The van der Waals surface area contributed by atoms with Gasteiger partial charge in [-0.2, -0.15) is 0 Å². The van der Waals surface area contributed by atoms with Crippen molar-refractivity contribution in [3.63, 3.8) is 0 Å². The zero-order valence-electron chi connectivity index (χ0n) is 28.8. The monoisotopic (exact) mass is 750 g/mol. The van der Waals surface area contributed by atoms with Gasteiger partial charge in [-0.15, -0.1) is 0 Å². The third-order valence-electron chi connectivity index (χ3n) is 6.73. The Morgan fingerprint density at radius 1 is 0.694 bits per heavy atom. The Labute approximate surface area is 303 Å². The third kappa shape index (κ3) is 20.1. The molecule has 49 heavy (non-hydrogen) atoms. The van der Waals surface area contributed by atoms with Crippen molar-refractivity contribution in [2.45, 2.75) is 115 Å². The number of nitrogens with zero attached hydrogens (tertiary/aromatic N) is 4. The van der Waals surface area contributed by atoms with Crippen molar-refractivity contribution < 1.29 is 38.4 Å². The normalized spacial score (nSPS) is 25.3. The summed E-state index contributed by atoms with van der Waals surface area (Å²) in [6.45, 7) is 14.9. The van der Waals surface area contributed by atoms with Crippen LogP contribution in [0.4, 0.5) is 0 Å². The number of hydrogen-bond donors (Lipinski definition) is 3. The second kappa shape index (κ2) is 21.7. The quantitative estimate of drug-likeness (QED) is 0.299. The molecule has 4 aliphatic heterocycles. The van der Waals surface area contributed by atoms with Crippen LogP contribution in [0.5, 0.6) is 5.88 Å². The van der Waals surface area contributed by atoms with E-state index in [1.165, 1.54) is 18.7 Å². The van der Waals surface area contributed by atoms with Gasteiger partial charge in [0, 0.05) is 49.1 Å². The molecule has 4 saturated heterocycles. The average Bonchev–Trinajstić information content (AvgIpc) is 2.97. The average molecular weight is 752 g/mol. The Kier molecular flexibility index (Phi) is 18.9. The molecule has 6 rings (SSSR count). The number of carbonyl (C=O) groups is 2. The number of rotatable bonds is 4. The Hall–Kier alpha value is -2.43. The second-order valence-electron chi connectivity index (χ2n) is 13.5. The largest absolute Gasteiger partial charge is 0.474 e. The van der Waals surface area contributed by atoms with Crippen molar-refractivity contribution in [3.05, 3.63) is 40.2 Å². The van der Waals surface area contributed by atoms with Gasteiger partial charge < -0.3 is 39.4 Å². The summed E-state index contributed by atoms with van der Waals surface area (Å²) in [4.78, 5) is 34.3. The van der Waals surface area contributed by atoms with Gasteiger partial charge in [-0.3, -0.25) is 9.59 Å². The van der Waals surface area contributed by atoms with Gasteiger partial charge in [-0.1, -0.05) is 34.8 Å². The number of halogens is 3. The summed E-state index contributed by atoms with van der Waals surface area (Å²) in [5.41, 5.74) is -0.635. The van der Waals surface area contributed by atoms with Gasteiger partial charge >= 0.3 is 0 Å². The maximum absolute atomic E-state index is 9.60. The Morgan fingerprint density at radius 3 is 1.41 bits per heavy atom. The summed E-state index contributed by atoms with van der Waals surface area (Å²) in [6, 6.07) is 4.72. The Bertz CT molecular complexity index is 1190. The first-order valence-electron chi connectivity index (χ1n) is 15.9. The topological polar surface area (TPSA) is 176 Å². The van der Waals surface area contributed by atoms with Gasteiger partial charge in [-0.25, -0.2) is 19.9 Å². The van der Waals surface area contributed by atoms with Gasteiger partial charge in [0.25, 0.3) is 12.9 Å². The number of fused-ring (bicyclic) bond motifs is 4. The zero-order valence-corrected chi connectivity index (χ0v) is 31.1. The van der Waals surface area contributed by atoms with E-state index < -0.39 is 0 Å². The molecular weight excluding hydrogens is 703 g/mol. The van der Waals surface area contributed by atoms with Crippen LogP contribution in [-0.4, -0.2) is 112 Å². The lowest BCUT2D eigenvalue weighted by atomic mass is 9.95. The van der Waals surface area contributed by atoms with E-state index in [1.807, 2.05) is 41.5 Å². The van der Waals surface area contributed by atoms with Crippen LogP contribution in [0, 0.1) is 0 Å². The predicted octanol–water partition coefficient (Wildman–Crippen LogP) is 4.23. The van der Waals surface area contributed by atoms with E-state index in [-0.39, 0.29) is 23.4 Å². The number of nitrogens with one attached hydrogen (secondary N) is 2. The smallest absolute Gasteiger partial charge is 0.293 e. The van der Waals surface area contributed by atoms with Gasteiger partial charge in [0.15, 0.2) is 0 Å². The number of aromatic nitrogens is 4. The van der Waals surface area contributed by atoms with E-state index >= 15 is 0 Å². The molecule has 4 fully saturated rings. The first-order valence-corrected chi connectivity index (χ1v) is 17.0. The summed E-state index contributed by atoms with van der Waals surface area (Å²) >= 11 is 16.6. The fourth-order valence-corrected chi connectivity index (χ4v) is 5.33. The molecule has 4 aliphatic rings. The van der Waals surface area contributed by atoms with Gasteiger partial charge in [0.05, 0.1) is 32.5 Å². The van der Waals surface area contributed by atoms with E-state index in [0.29, 0.717) is 58.5 Å². The number of hydrogen-bond acceptors (Lipinski definition) is 14. The van der Waals surface area contributed by atoms with E-state index in [2.05, 4.69) is 40.0 Å². The molecule has 276 valence electrons. The molecule has 17 heteroatoms. The number of aliphatic hydroxyl groups is 1. The van der Waals surface area contributed by atoms with Gasteiger partial charge in [0.1, 0.15) is 45.4 Å². The highest BCUT2D eigenvalue weighted by molar-refractivity contribution is 6.33. The highest BCUT2D eigenvalue weighted by Gasteiger charge is 2.33. The molecule has 0 amide bonds. The highest BCUT2D eigenvalue weighted by atomic mass is 35.5. The third-order valence-corrected chi connectivity index (χ3v) is 7.35. The van der Waals surface area contributed by atoms with Gasteiger partial charge in [-0.05, 0) is 54.4 Å². The molecule has 0 aromatic carbocycles. The molecule has 4 atom stereocenters. The van der Waals surface area contributed by atoms with Crippen LogP contribution in [0.15, 0.2) is 24.8 Å². The van der Waals surface area contributed by atoms with Crippen LogP contribution < -0.4 is 15.4 Å². The van der Waals surface area contributed by atoms with Crippen LogP contribution in [0.2, 0.25) is 15.5 Å². The highest BCUT2D eigenvalue weighted by Crippen LogP contribution is 2.23. The van der Waals surface area contributed by atoms with Crippen LogP contribution in [0.25, 0.3) is 0 Å². The van der Waals surface area contributed by atoms with Crippen molar-refractivity contribution in [1.82, 2.24) is 30.6 Å². The van der Waals surface area contributed by atoms with Crippen molar-refractivity contribution in [1.29, 1.82) is 0 Å². The van der Waals surface area contributed by atoms with Crippen LogP contribution in [0.1, 0.15) is 67.2 Å². The molecule has 3 N–H and O–H groups in total. The number of ether oxygens (including phenoxy) is 5. The van der Waals surface area contributed by atoms with Gasteiger partial charge in [0.2, 0.25) is 5.88 Å². The molecule has 2 aromatic rings. The first-order chi connectivity index (χ1) is 23.0. The second-order valence-corrected chi connectivity index (χ2v) is 14.7. The van der Waals surface area contributed by atoms with Crippen LogP contribution in [0.3, 0.4) is 0 Å². The maximum atomic E-state index is 9.60. The lowest BCUT2D eigenvalue weighted by molar-refractivity contribution is -0.139. The summed E-state index contributed by atoms with van der Waals surface area (Å²) in [6.07, 6.45) is 6.41. The Balaban J connectivity index is 0.000000226. The lowest BCUT2D eigenvalue weighted by Crippen LogP contribution is -2.56. The standard InChI is InChI=1S/C11H14ClN3O2.C7H13NO2.2C5H10O2.C4H2Cl2N2/c12-10-3-11(14-6-13-10)17-9-1-7-4-16-5-8(2-9)15-7;9-7-1-5-3-10-4-6(2-7)8-5;2*1-5(2,3)7-4-6;5-3-1-4(6)8-2-7-3/h3,6-9,15H,1-2,4-5H2;5-9H,1-4H2;2*4H,1-3H3;1-2H.